The van der Waals surface area contributed by atoms with E-state index in [9.17, 15) is 4.79 Å². The molecule has 2 heterocycles. The van der Waals surface area contributed by atoms with Gasteiger partial charge in [-0.05, 0) is 57.0 Å². The Balaban J connectivity index is 1.35. The number of nitrogens with one attached hydrogen (secondary N) is 1. The second-order valence-electron chi connectivity index (χ2n) is 7.69. The van der Waals surface area contributed by atoms with Gasteiger partial charge in [-0.25, -0.2) is 9.78 Å². The van der Waals surface area contributed by atoms with Gasteiger partial charge in [-0.3, -0.25) is 0 Å². The topological polar surface area (TPSA) is 57.7 Å². The normalized spacial score (nSPS) is 24.1. The summed E-state index contributed by atoms with van der Waals surface area (Å²) >= 11 is 0. The van der Waals surface area contributed by atoms with Crippen molar-refractivity contribution in [3.63, 3.8) is 0 Å². The minimum Gasteiger partial charge on any atom is -0.439 e. The number of fused-ring (bicyclic) bond motifs is 2. The number of carbonyl (C=O) groups is 1. The van der Waals surface area contributed by atoms with Gasteiger partial charge in [-0.15, -0.1) is 0 Å². The quantitative estimate of drug-likeness (QED) is 0.897. The number of urea groups is 1. The molecule has 2 amide bonds. The number of amides is 2. The van der Waals surface area contributed by atoms with Crippen molar-refractivity contribution >= 4 is 11.7 Å². The lowest BCUT2D eigenvalue weighted by molar-refractivity contribution is 0.0953. The number of rotatable bonds is 4. The van der Waals surface area contributed by atoms with Gasteiger partial charge in [0.1, 0.15) is 5.75 Å². The molecule has 1 aliphatic heterocycles. The summed E-state index contributed by atoms with van der Waals surface area (Å²) in [6, 6.07) is 13.7. The van der Waals surface area contributed by atoms with Gasteiger partial charge in [-0.1, -0.05) is 18.2 Å². The van der Waals surface area contributed by atoms with Gasteiger partial charge >= 0.3 is 6.03 Å². The van der Waals surface area contributed by atoms with Crippen LogP contribution in [0.5, 0.6) is 11.6 Å². The SMILES string of the molecule is CN(C)C1[C@@H]2CC[C@H]1CN(C(=O)Nc1ccc(Oc3ccccc3)nc1)C2. The van der Waals surface area contributed by atoms with Crippen LogP contribution in [0.1, 0.15) is 12.8 Å². The first kappa shape index (κ1) is 17.8. The predicted molar refractivity (Wildman–Crippen MR) is 105 cm³/mol. The molecule has 4 rings (SSSR count). The first-order valence-corrected chi connectivity index (χ1v) is 9.51. The van der Waals surface area contributed by atoms with Crippen LogP contribution in [-0.4, -0.2) is 54.0 Å². The number of carbonyl (C=O) groups excluding carboxylic acids is 1. The van der Waals surface area contributed by atoms with Crippen LogP contribution in [-0.2, 0) is 0 Å². The summed E-state index contributed by atoms with van der Waals surface area (Å²) in [5, 5.41) is 2.97. The monoisotopic (exact) mass is 366 g/mol. The summed E-state index contributed by atoms with van der Waals surface area (Å²) in [7, 11) is 4.30. The van der Waals surface area contributed by atoms with Gasteiger partial charge < -0.3 is 19.9 Å². The first-order valence-electron chi connectivity index (χ1n) is 9.51. The number of hydrogen-bond donors (Lipinski definition) is 1. The highest BCUT2D eigenvalue weighted by Gasteiger charge is 2.44. The van der Waals surface area contributed by atoms with E-state index in [1.807, 2.05) is 41.3 Å². The van der Waals surface area contributed by atoms with E-state index in [1.165, 1.54) is 12.8 Å². The van der Waals surface area contributed by atoms with Crippen LogP contribution < -0.4 is 10.1 Å². The molecule has 3 atom stereocenters. The molecule has 6 nitrogen and oxygen atoms in total. The highest BCUT2D eigenvalue weighted by Crippen LogP contribution is 2.39. The van der Waals surface area contributed by atoms with Crippen LogP contribution in [0.4, 0.5) is 10.5 Å². The lowest BCUT2D eigenvalue weighted by Crippen LogP contribution is -2.53. The van der Waals surface area contributed by atoms with Crippen molar-refractivity contribution in [3.05, 3.63) is 48.7 Å². The Hall–Kier alpha value is -2.60. The molecule has 2 aliphatic rings. The molecule has 2 fully saturated rings. The van der Waals surface area contributed by atoms with E-state index in [-0.39, 0.29) is 6.03 Å². The van der Waals surface area contributed by atoms with E-state index in [2.05, 4.69) is 29.3 Å². The zero-order valence-electron chi connectivity index (χ0n) is 15.8. The number of anilines is 1. The maximum Gasteiger partial charge on any atom is 0.321 e. The third-order valence-corrected chi connectivity index (χ3v) is 5.62. The molecule has 6 heteroatoms. The number of nitrogens with zero attached hydrogens (tertiary/aromatic N) is 3. The van der Waals surface area contributed by atoms with Gasteiger partial charge in [0, 0.05) is 25.2 Å². The number of aromatic nitrogens is 1. The summed E-state index contributed by atoms with van der Waals surface area (Å²) in [6.45, 7) is 1.65. The summed E-state index contributed by atoms with van der Waals surface area (Å²) in [5.41, 5.74) is 0.683. The molecule has 1 aliphatic carbocycles. The van der Waals surface area contributed by atoms with Gasteiger partial charge in [0.25, 0.3) is 0 Å². The smallest absolute Gasteiger partial charge is 0.321 e. The van der Waals surface area contributed by atoms with Crippen molar-refractivity contribution in [2.45, 2.75) is 18.9 Å². The molecular weight excluding hydrogens is 340 g/mol. The fraction of sp³-hybridized carbons (Fsp3) is 0.429. The maximum atomic E-state index is 12.7. The predicted octanol–water partition coefficient (Wildman–Crippen LogP) is 3.68. The number of likely N-dealkylation sites (tertiary alicyclic amines) is 1. The summed E-state index contributed by atoms with van der Waals surface area (Å²) < 4.78 is 5.69. The third kappa shape index (κ3) is 3.90. The largest absolute Gasteiger partial charge is 0.439 e. The molecule has 1 aromatic heterocycles. The Labute approximate surface area is 160 Å². The zero-order valence-corrected chi connectivity index (χ0v) is 15.8. The Morgan fingerprint density at radius 2 is 1.81 bits per heavy atom. The van der Waals surface area contributed by atoms with Crippen LogP contribution in [0.2, 0.25) is 0 Å². The highest BCUT2D eigenvalue weighted by atomic mass is 16.5. The summed E-state index contributed by atoms with van der Waals surface area (Å²) in [5.74, 6) is 2.39. The Bertz CT molecular complexity index is 765. The van der Waals surface area contributed by atoms with E-state index in [0.29, 0.717) is 29.4 Å². The number of piperidine rings is 1. The summed E-state index contributed by atoms with van der Waals surface area (Å²) in [6.07, 6.45) is 4.06. The van der Waals surface area contributed by atoms with E-state index in [1.54, 1.807) is 12.3 Å². The molecule has 1 saturated heterocycles. The number of pyridine rings is 1. The average molecular weight is 366 g/mol. The van der Waals surface area contributed by atoms with Gasteiger partial charge in [-0.2, -0.15) is 0 Å². The fourth-order valence-electron chi connectivity index (χ4n) is 4.53. The Morgan fingerprint density at radius 1 is 1.11 bits per heavy atom. The van der Waals surface area contributed by atoms with Crippen molar-refractivity contribution in [2.24, 2.45) is 11.8 Å². The molecule has 1 saturated carbocycles. The molecule has 2 bridgehead atoms. The second-order valence-corrected chi connectivity index (χ2v) is 7.69. The molecule has 1 unspecified atom stereocenters. The minimum atomic E-state index is -0.0392. The average Bonchev–Trinajstić information content (AvgIpc) is 2.94. The van der Waals surface area contributed by atoms with Crippen LogP contribution in [0, 0.1) is 11.8 Å². The van der Waals surface area contributed by atoms with Crippen molar-refractivity contribution in [1.29, 1.82) is 0 Å². The number of hydrogen-bond acceptors (Lipinski definition) is 4. The lowest BCUT2D eigenvalue weighted by Gasteiger charge is -2.41. The molecule has 0 radical (unpaired) electrons. The molecule has 27 heavy (non-hydrogen) atoms. The van der Waals surface area contributed by atoms with Crippen LogP contribution in [0.15, 0.2) is 48.7 Å². The number of benzene rings is 1. The molecule has 1 N–H and O–H groups in total. The highest BCUT2D eigenvalue weighted by molar-refractivity contribution is 5.89. The van der Waals surface area contributed by atoms with Gasteiger partial charge in [0.2, 0.25) is 5.88 Å². The second kappa shape index (κ2) is 7.56. The maximum absolute atomic E-state index is 12.7. The van der Waals surface area contributed by atoms with Gasteiger partial charge in [0.05, 0.1) is 11.9 Å². The molecule has 142 valence electrons. The van der Waals surface area contributed by atoms with Crippen molar-refractivity contribution in [2.75, 3.05) is 32.5 Å². The molecular formula is C21H26N4O2. The van der Waals surface area contributed by atoms with E-state index >= 15 is 0 Å². The Morgan fingerprint density at radius 3 is 2.41 bits per heavy atom. The summed E-state index contributed by atoms with van der Waals surface area (Å²) in [4.78, 5) is 21.3. The fourth-order valence-corrected chi connectivity index (χ4v) is 4.53. The van der Waals surface area contributed by atoms with Crippen molar-refractivity contribution in [3.8, 4) is 11.6 Å². The van der Waals surface area contributed by atoms with Crippen LogP contribution >= 0.6 is 0 Å². The standard InChI is InChI=1S/C21H26N4O2/c1-24(2)20-15-8-9-16(20)14-25(13-15)21(26)23-17-10-11-19(22-12-17)27-18-6-4-3-5-7-18/h3-7,10-12,15-16,20H,8-9,13-14H2,1-2H3,(H,23,26)/t15-,16+,20?. The molecule has 2 aromatic rings. The van der Waals surface area contributed by atoms with Crippen molar-refractivity contribution in [1.82, 2.24) is 14.8 Å². The van der Waals surface area contributed by atoms with Crippen LogP contribution in [0.3, 0.4) is 0 Å². The van der Waals surface area contributed by atoms with Gasteiger partial charge in [0.15, 0.2) is 0 Å². The number of para-hydroxylation sites is 1. The van der Waals surface area contributed by atoms with E-state index in [0.717, 1.165) is 18.8 Å². The minimum absolute atomic E-state index is 0.0392. The first-order chi connectivity index (χ1) is 13.1. The van der Waals surface area contributed by atoms with E-state index in [4.69, 9.17) is 4.74 Å². The Kier molecular flexibility index (Phi) is 4.99. The molecule has 0 spiro atoms. The van der Waals surface area contributed by atoms with Crippen LogP contribution in [0.25, 0.3) is 0 Å². The lowest BCUT2D eigenvalue weighted by atomic mass is 9.91. The van der Waals surface area contributed by atoms with Crippen molar-refractivity contribution < 1.29 is 9.53 Å². The third-order valence-electron chi connectivity index (χ3n) is 5.62. The van der Waals surface area contributed by atoms with E-state index < -0.39 is 0 Å². The molecule has 1 aromatic carbocycles. The number of ether oxygens (including phenoxy) is 1. The zero-order chi connectivity index (χ0) is 18.8.